The fourth-order valence-electron chi connectivity index (χ4n) is 3.78. The Morgan fingerprint density at radius 1 is 1.19 bits per heavy atom. The predicted octanol–water partition coefficient (Wildman–Crippen LogP) is 2.67. The Morgan fingerprint density at radius 2 is 1.88 bits per heavy atom. The number of hydrogen-bond acceptors (Lipinski definition) is 3. The predicted molar refractivity (Wildman–Crippen MR) is 104 cm³/mol. The van der Waals surface area contributed by atoms with Gasteiger partial charge >= 0.3 is 0 Å². The number of benzene rings is 1. The summed E-state index contributed by atoms with van der Waals surface area (Å²) in [6, 6.07) is 8.86. The molecular weight excluding hydrogens is 324 g/mol. The number of likely N-dealkylation sites (tertiary alicyclic amines) is 1. The third kappa shape index (κ3) is 4.33. The second kappa shape index (κ2) is 8.04. The molecule has 0 unspecified atom stereocenters. The monoisotopic (exact) mass is 354 g/mol. The van der Waals surface area contributed by atoms with Crippen LogP contribution < -0.4 is 5.32 Å². The summed E-state index contributed by atoms with van der Waals surface area (Å²) in [6.07, 6.45) is 2.46. The minimum absolute atomic E-state index is 0.113. The number of nitrogens with zero attached hydrogens (tertiary/aromatic N) is 3. The quantitative estimate of drug-likeness (QED) is 0.898. The van der Waals surface area contributed by atoms with E-state index in [9.17, 15) is 4.79 Å². The van der Waals surface area contributed by atoms with Crippen LogP contribution in [0.3, 0.4) is 0 Å². The van der Waals surface area contributed by atoms with E-state index in [1.54, 1.807) is 0 Å². The Balaban J connectivity index is 1.48. The molecular formula is C21H30N4O. The number of carbonyl (C=O) groups is 1. The Hall–Kier alpha value is -2.14. The van der Waals surface area contributed by atoms with Gasteiger partial charge in [-0.05, 0) is 44.7 Å². The van der Waals surface area contributed by atoms with E-state index in [0.717, 1.165) is 49.4 Å². The van der Waals surface area contributed by atoms with Gasteiger partial charge in [-0.1, -0.05) is 24.3 Å². The van der Waals surface area contributed by atoms with Gasteiger partial charge in [-0.3, -0.25) is 14.4 Å². The first-order valence-electron chi connectivity index (χ1n) is 9.49. The number of hydrogen-bond donors (Lipinski definition) is 1. The Kier molecular flexibility index (Phi) is 5.77. The number of amides is 1. The van der Waals surface area contributed by atoms with Crippen molar-refractivity contribution < 1.29 is 4.79 Å². The van der Waals surface area contributed by atoms with Gasteiger partial charge in [0.25, 0.3) is 0 Å². The summed E-state index contributed by atoms with van der Waals surface area (Å²) in [5.41, 5.74) is 5.84. The Bertz CT molecular complexity index is 772. The van der Waals surface area contributed by atoms with Crippen molar-refractivity contribution in [2.45, 2.75) is 52.6 Å². The first-order chi connectivity index (χ1) is 12.4. The standard InChI is InChI=1S/C21H30N4O/c1-15-7-5-6-8-18(15)14-25-11-9-19(10-12-25)22-21(26)13-20-16(2)23-24(4)17(20)3/h5-8,19H,9-14H2,1-4H3,(H,22,26). The summed E-state index contributed by atoms with van der Waals surface area (Å²) in [4.78, 5) is 14.9. The van der Waals surface area contributed by atoms with Crippen LogP contribution in [0, 0.1) is 20.8 Å². The molecule has 2 heterocycles. The van der Waals surface area contributed by atoms with Crippen LogP contribution in [-0.2, 0) is 24.8 Å². The van der Waals surface area contributed by atoms with E-state index in [-0.39, 0.29) is 11.9 Å². The number of nitrogens with one attached hydrogen (secondary N) is 1. The highest BCUT2D eigenvalue weighted by Gasteiger charge is 2.22. The summed E-state index contributed by atoms with van der Waals surface area (Å²) < 4.78 is 1.85. The fourth-order valence-corrected chi connectivity index (χ4v) is 3.78. The van der Waals surface area contributed by atoms with Crippen LogP contribution in [0.5, 0.6) is 0 Å². The van der Waals surface area contributed by atoms with Crippen molar-refractivity contribution in [2.75, 3.05) is 13.1 Å². The van der Waals surface area contributed by atoms with E-state index in [1.165, 1.54) is 11.1 Å². The summed E-state index contributed by atoms with van der Waals surface area (Å²) in [7, 11) is 1.92. The fraction of sp³-hybridized carbons (Fsp3) is 0.524. The third-order valence-electron chi connectivity index (χ3n) is 5.60. The Morgan fingerprint density at radius 3 is 2.50 bits per heavy atom. The number of rotatable bonds is 5. The van der Waals surface area contributed by atoms with Crippen LogP contribution in [0.25, 0.3) is 0 Å². The molecule has 0 atom stereocenters. The van der Waals surface area contributed by atoms with Gasteiger partial charge < -0.3 is 5.32 Å². The lowest BCUT2D eigenvalue weighted by Crippen LogP contribution is -2.44. The summed E-state index contributed by atoms with van der Waals surface area (Å²) in [5, 5.41) is 7.62. The average Bonchev–Trinajstić information content (AvgIpc) is 2.85. The summed E-state index contributed by atoms with van der Waals surface area (Å²) in [6.45, 7) is 9.23. The van der Waals surface area contributed by atoms with E-state index >= 15 is 0 Å². The highest BCUT2D eigenvalue weighted by molar-refractivity contribution is 5.79. The van der Waals surface area contributed by atoms with Gasteiger partial charge in [0.2, 0.25) is 5.91 Å². The topological polar surface area (TPSA) is 50.2 Å². The number of aromatic nitrogens is 2. The van der Waals surface area contributed by atoms with E-state index in [0.29, 0.717) is 6.42 Å². The van der Waals surface area contributed by atoms with Crippen LogP contribution in [0.4, 0.5) is 0 Å². The van der Waals surface area contributed by atoms with E-state index in [2.05, 4.69) is 46.5 Å². The van der Waals surface area contributed by atoms with Crippen molar-refractivity contribution in [1.29, 1.82) is 0 Å². The molecule has 0 radical (unpaired) electrons. The van der Waals surface area contributed by atoms with Crippen LogP contribution >= 0.6 is 0 Å². The molecule has 2 aromatic rings. The van der Waals surface area contributed by atoms with E-state index < -0.39 is 0 Å². The zero-order valence-corrected chi connectivity index (χ0v) is 16.4. The van der Waals surface area contributed by atoms with Crippen molar-refractivity contribution in [3.05, 3.63) is 52.3 Å². The molecule has 1 N–H and O–H groups in total. The van der Waals surface area contributed by atoms with Crippen molar-refractivity contribution >= 4 is 5.91 Å². The average molecular weight is 354 g/mol. The summed E-state index contributed by atoms with van der Waals surface area (Å²) >= 11 is 0. The Labute approximate surface area is 156 Å². The molecule has 1 aliphatic rings. The molecule has 1 aromatic heterocycles. The van der Waals surface area contributed by atoms with Crippen molar-refractivity contribution in [1.82, 2.24) is 20.0 Å². The minimum atomic E-state index is 0.113. The van der Waals surface area contributed by atoms with Gasteiger partial charge in [-0.25, -0.2) is 0 Å². The molecule has 5 heteroatoms. The van der Waals surface area contributed by atoms with Gasteiger partial charge in [0.05, 0.1) is 12.1 Å². The molecule has 0 aliphatic carbocycles. The maximum atomic E-state index is 12.4. The molecule has 0 saturated carbocycles. The van der Waals surface area contributed by atoms with E-state index in [4.69, 9.17) is 0 Å². The normalized spacial score (nSPS) is 16.0. The molecule has 3 rings (SSSR count). The number of carbonyl (C=O) groups excluding carboxylic acids is 1. The van der Waals surface area contributed by atoms with Crippen molar-refractivity contribution in [3.8, 4) is 0 Å². The zero-order valence-electron chi connectivity index (χ0n) is 16.4. The lowest BCUT2D eigenvalue weighted by atomic mass is 10.0. The van der Waals surface area contributed by atoms with Crippen molar-refractivity contribution in [3.63, 3.8) is 0 Å². The van der Waals surface area contributed by atoms with Crippen molar-refractivity contribution in [2.24, 2.45) is 7.05 Å². The second-order valence-corrected chi connectivity index (χ2v) is 7.49. The molecule has 1 fully saturated rings. The molecule has 0 bridgehead atoms. The summed E-state index contributed by atoms with van der Waals surface area (Å²) in [5.74, 6) is 0.113. The largest absolute Gasteiger partial charge is 0.353 e. The first-order valence-corrected chi connectivity index (χ1v) is 9.49. The maximum absolute atomic E-state index is 12.4. The second-order valence-electron chi connectivity index (χ2n) is 7.49. The molecule has 5 nitrogen and oxygen atoms in total. The maximum Gasteiger partial charge on any atom is 0.224 e. The van der Waals surface area contributed by atoms with Gasteiger partial charge in [0.15, 0.2) is 0 Å². The van der Waals surface area contributed by atoms with Crippen LogP contribution in [0.1, 0.15) is 40.9 Å². The van der Waals surface area contributed by atoms with Gasteiger partial charge in [-0.2, -0.15) is 5.10 Å². The minimum Gasteiger partial charge on any atom is -0.353 e. The van der Waals surface area contributed by atoms with Gasteiger partial charge in [0, 0.05) is 44.0 Å². The molecule has 1 amide bonds. The molecule has 26 heavy (non-hydrogen) atoms. The molecule has 1 aromatic carbocycles. The highest BCUT2D eigenvalue weighted by atomic mass is 16.1. The molecule has 1 saturated heterocycles. The van der Waals surface area contributed by atoms with Gasteiger partial charge in [0.1, 0.15) is 0 Å². The molecule has 0 spiro atoms. The van der Waals surface area contributed by atoms with Crippen LogP contribution in [0.2, 0.25) is 0 Å². The van der Waals surface area contributed by atoms with Gasteiger partial charge in [-0.15, -0.1) is 0 Å². The van der Waals surface area contributed by atoms with Crippen LogP contribution in [0.15, 0.2) is 24.3 Å². The molecule has 140 valence electrons. The molecule has 1 aliphatic heterocycles. The lowest BCUT2D eigenvalue weighted by Gasteiger charge is -2.32. The SMILES string of the molecule is Cc1ccccc1CN1CCC(NC(=O)Cc2c(C)nn(C)c2C)CC1. The zero-order chi connectivity index (χ0) is 18.7. The number of piperidine rings is 1. The van der Waals surface area contributed by atoms with Crippen LogP contribution in [-0.4, -0.2) is 39.7 Å². The lowest BCUT2D eigenvalue weighted by molar-refractivity contribution is -0.121. The smallest absolute Gasteiger partial charge is 0.224 e. The number of aryl methyl sites for hydroxylation is 3. The first kappa shape index (κ1) is 18.6. The highest BCUT2D eigenvalue weighted by Crippen LogP contribution is 2.17. The third-order valence-corrected chi connectivity index (χ3v) is 5.60. The van der Waals surface area contributed by atoms with E-state index in [1.807, 2.05) is 25.6 Å².